The van der Waals surface area contributed by atoms with Crippen LogP contribution in [0, 0.1) is 5.41 Å². The van der Waals surface area contributed by atoms with E-state index in [1.165, 1.54) is 0 Å². The van der Waals surface area contributed by atoms with Gasteiger partial charge in [-0.3, -0.25) is 10.4 Å². The van der Waals surface area contributed by atoms with E-state index in [9.17, 15) is 0 Å². The van der Waals surface area contributed by atoms with Crippen LogP contribution in [0.1, 0.15) is 5.69 Å². The fourth-order valence-corrected chi connectivity index (χ4v) is 0.437. The minimum absolute atomic E-state index is 0.576. The van der Waals surface area contributed by atoms with Gasteiger partial charge >= 0.3 is 0 Å². The second-order valence-electron chi connectivity index (χ2n) is 1.34. The molecular weight excluding hydrogens is 100 g/mol. The fourth-order valence-electron chi connectivity index (χ4n) is 0.437. The molecule has 1 aromatic rings. The van der Waals surface area contributed by atoms with Crippen LogP contribution in [0.5, 0.6) is 0 Å². The molecule has 1 aromatic heterocycles. The van der Waals surface area contributed by atoms with E-state index in [1.54, 1.807) is 18.3 Å². The first kappa shape index (κ1) is 4.97. The molecule has 0 aliphatic carbocycles. The Balaban J connectivity index is 2.99. The molecule has 8 heavy (non-hydrogen) atoms. The Morgan fingerprint density at radius 1 is 1.50 bits per heavy atom. The Hall–Kier alpha value is -1.18. The van der Waals surface area contributed by atoms with Gasteiger partial charge < -0.3 is 0 Å². The van der Waals surface area contributed by atoms with Crippen molar-refractivity contribution in [1.29, 1.82) is 5.41 Å². The molecule has 0 fully saturated rings. The predicted octanol–water partition coefficient (Wildman–Crippen LogP) is 0.956. The SMILES string of the molecule is N=[C]c1ccccn1. The van der Waals surface area contributed by atoms with Crippen LogP contribution in [0.2, 0.25) is 0 Å². The van der Waals surface area contributed by atoms with Crippen LogP contribution in [-0.2, 0) is 0 Å². The first-order chi connectivity index (χ1) is 3.93. The van der Waals surface area contributed by atoms with Crippen LogP contribution in [0.15, 0.2) is 24.4 Å². The van der Waals surface area contributed by atoms with E-state index < -0.39 is 0 Å². The normalized spacial score (nSPS) is 8.50. The van der Waals surface area contributed by atoms with Gasteiger partial charge in [0.2, 0.25) is 0 Å². The minimum Gasteiger partial charge on any atom is -0.296 e. The van der Waals surface area contributed by atoms with Crippen LogP contribution >= 0.6 is 0 Å². The third-order valence-electron chi connectivity index (χ3n) is 0.793. The lowest BCUT2D eigenvalue weighted by Gasteiger charge is -1.82. The smallest absolute Gasteiger partial charge is 0.107 e. The first-order valence-corrected chi connectivity index (χ1v) is 2.27. The van der Waals surface area contributed by atoms with Crippen molar-refractivity contribution in [2.75, 3.05) is 0 Å². The average molecular weight is 105 g/mol. The Bertz CT molecular complexity index is 169. The molecular formula is C6H5N2. The van der Waals surface area contributed by atoms with Crippen LogP contribution < -0.4 is 0 Å². The lowest BCUT2D eigenvalue weighted by molar-refractivity contribution is 1.29. The summed E-state index contributed by atoms with van der Waals surface area (Å²) in [5.74, 6) is 0. The Labute approximate surface area is 47.7 Å². The Morgan fingerprint density at radius 2 is 2.38 bits per heavy atom. The van der Waals surface area contributed by atoms with Gasteiger partial charge in [0.05, 0.1) is 5.69 Å². The van der Waals surface area contributed by atoms with Gasteiger partial charge in [-0.1, -0.05) is 6.07 Å². The molecule has 0 aliphatic rings. The van der Waals surface area contributed by atoms with Crippen molar-refractivity contribution >= 4 is 6.21 Å². The molecule has 0 amide bonds. The standard InChI is InChI=1S/C6H5N2/c7-5-6-3-1-2-4-8-6/h1-4,7H. The highest BCUT2D eigenvalue weighted by atomic mass is 14.7. The van der Waals surface area contributed by atoms with Gasteiger partial charge in [0.15, 0.2) is 0 Å². The van der Waals surface area contributed by atoms with Gasteiger partial charge in [-0.25, -0.2) is 0 Å². The summed E-state index contributed by atoms with van der Waals surface area (Å²) in [4.78, 5) is 3.80. The highest BCUT2D eigenvalue weighted by Crippen LogP contribution is 1.85. The molecule has 39 valence electrons. The Morgan fingerprint density at radius 3 is 2.75 bits per heavy atom. The molecule has 0 saturated heterocycles. The maximum Gasteiger partial charge on any atom is 0.107 e. The summed E-state index contributed by atoms with van der Waals surface area (Å²) in [6, 6.07) is 5.36. The number of pyridine rings is 1. The number of nitrogens with one attached hydrogen (secondary N) is 1. The predicted molar refractivity (Wildman–Crippen MR) is 31.1 cm³/mol. The number of hydrogen-bond donors (Lipinski definition) is 1. The Kier molecular flexibility index (Phi) is 1.37. The van der Waals surface area contributed by atoms with E-state index in [0.717, 1.165) is 0 Å². The number of aromatic nitrogens is 1. The first-order valence-electron chi connectivity index (χ1n) is 2.27. The molecule has 0 bridgehead atoms. The average Bonchev–Trinajstić information content (AvgIpc) is 1.90. The minimum atomic E-state index is 0.576. The molecule has 0 atom stereocenters. The quantitative estimate of drug-likeness (QED) is 0.530. The lowest BCUT2D eigenvalue weighted by atomic mass is 10.4. The molecule has 2 heteroatoms. The van der Waals surface area contributed by atoms with Gasteiger partial charge in [-0.15, -0.1) is 0 Å². The van der Waals surface area contributed by atoms with Gasteiger partial charge in [0.25, 0.3) is 0 Å². The molecule has 2 nitrogen and oxygen atoms in total. The third kappa shape index (κ3) is 0.904. The van der Waals surface area contributed by atoms with Crippen molar-refractivity contribution in [3.05, 3.63) is 30.1 Å². The molecule has 1 radical (unpaired) electrons. The van der Waals surface area contributed by atoms with Crippen molar-refractivity contribution in [3.63, 3.8) is 0 Å². The molecule has 0 aliphatic heterocycles. The monoisotopic (exact) mass is 105 g/mol. The summed E-state index contributed by atoms with van der Waals surface area (Å²) < 4.78 is 0. The molecule has 0 unspecified atom stereocenters. The summed E-state index contributed by atoms with van der Waals surface area (Å²) >= 11 is 0. The maximum atomic E-state index is 6.63. The van der Waals surface area contributed by atoms with Gasteiger partial charge in [0, 0.05) is 6.20 Å². The highest BCUT2D eigenvalue weighted by Gasteiger charge is 1.80. The van der Waals surface area contributed by atoms with Crippen molar-refractivity contribution in [1.82, 2.24) is 4.98 Å². The molecule has 1 N–H and O–H groups in total. The zero-order valence-corrected chi connectivity index (χ0v) is 4.26. The third-order valence-corrected chi connectivity index (χ3v) is 0.793. The fraction of sp³-hybridized carbons (Fsp3) is 0. The van der Waals surface area contributed by atoms with Crippen LogP contribution in [0.4, 0.5) is 0 Å². The van der Waals surface area contributed by atoms with E-state index in [4.69, 9.17) is 5.41 Å². The van der Waals surface area contributed by atoms with E-state index in [2.05, 4.69) is 11.2 Å². The second-order valence-corrected chi connectivity index (χ2v) is 1.34. The summed E-state index contributed by atoms with van der Waals surface area (Å²) in [7, 11) is 0. The van der Waals surface area contributed by atoms with Crippen molar-refractivity contribution in [2.24, 2.45) is 0 Å². The molecule has 0 saturated carbocycles. The molecule has 1 heterocycles. The van der Waals surface area contributed by atoms with Gasteiger partial charge in [-0.05, 0) is 12.1 Å². The molecule has 0 aromatic carbocycles. The number of hydrogen-bond acceptors (Lipinski definition) is 2. The lowest BCUT2D eigenvalue weighted by Crippen LogP contribution is -1.80. The zero-order chi connectivity index (χ0) is 5.82. The zero-order valence-electron chi connectivity index (χ0n) is 4.26. The van der Waals surface area contributed by atoms with E-state index in [0.29, 0.717) is 5.69 Å². The summed E-state index contributed by atoms with van der Waals surface area (Å²) in [5.41, 5.74) is 0.576. The van der Waals surface area contributed by atoms with Crippen molar-refractivity contribution < 1.29 is 0 Å². The second kappa shape index (κ2) is 2.21. The number of nitrogens with zero attached hydrogens (tertiary/aromatic N) is 1. The summed E-state index contributed by atoms with van der Waals surface area (Å²) in [6.07, 6.45) is 3.80. The molecule has 0 spiro atoms. The maximum absolute atomic E-state index is 6.63. The van der Waals surface area contributed by atoms with E-state index >= 15 is 0 Å². The van der Waals surface area contributed by atoms with Crippen molar-refractivity contribution in [3.8, 4) is 0 Å². The van der Waals surface area contributed by atoms with Crippen molar-refractivity contribution in [2.45, 2.75) is 0 Å². The van der Waals surface area contributed by atoms with Gasteiger partial charge in [0.1, 0.15) is 6.21 Å². The van der Waals surface area contributed by atoms with Crippen LogP contribution in [0.25, 0.3) is 0 Å². The topological polar surface area (TPSA) is 36.7 Å². The summed E-state index contributed by atoms with van der Waals surface area (Å²) in [6.45, 7) is 0. The van der Waals surface area contributed by atoms with E-state index in [1.807, 2.05) is 6.07 Å². The van der Waals surface area contributed by atoms with Crippen LogP contribution in [0.3, 0.4) is 0 Å². The number of rotatable bonds is 1. The van der Waals surface area contributed by atoms with E-state index in [-0.39, 0.29) is 0 Å². The molecule has 1 rings (SSSR count). The largest absolute Gasteiger partial charge is 0.296 e. The summed E-state index contributed by atoms with van der Waals surface area (Å²) in [5, 5.41) is 6.63. The highest BCUT2D eigenvalue weighted by molar-refractivity contribution is 5.73. The van der Waals surface area contributed by atoms with Crippen LogP contribution in [-0.4, -0.2) is 11.2 Å². The van der Waals surface area contributed by atoms with Gasteiger partial charge in [-0.2, -0.15) is 0 Å².